The number of esters is 1. The fourth-order valence-electron chi connectivity index (χ4n) is 2.76. The van der Waals surface area contributed by atoms with E-state index in [1.807, 2.05) is 18.2 Å². The Morgan fingerprint density at radius 3 is 2.58 bits per heavy atom. The monoisotopic (exact) mass is 261 g/mol. The summed E-state index contributed by atoms with van der Waals surface area (Å²) in [6.07, 6.45) is 6.88. The predicted molar refractivity (Wildman–Crippen MR) is 76.0 cm³/mol. The Balaban J connectivity index is 1.97. The standard InChI is InChI=1S/C16H23NO2/c1-19-16(18)15(12-13-8-4-2-5-9-13)17-14-10-6-3-7-11-14/h2,4-5,8-9,14-15,17H,3,6-7,10-12H2,1H3/t15-/m1/s1. The molecule has 0 radical (unpaired) electrons. The van der Waals surface area contributed by atoms with Gasteiger partial charge in [0.15, 0.2) is 0 Å². The fraction of sp³-hybridized carbons (Fsp3) is 0.562. The van der Waals surface area contributed by atoms with Gasteiger partial charge in [-0.25, -0.2) is 0 Å². The van der Waals surface area contributed by atoms with Gasteiger partial charge in [0.2, 0.25) is 0 Å². The summed E-state index contributed by atoms with van der Waals surface area (Å²) in [6.45, 7) is 0. The maximum Gasteiger partial charge on any atom is 0.323 e. The van der Waals surface area contributed by atoms with Gasteiger partial charge in [0.05, 0.1) is 7.11 Å². The molecule has 0 spiro atoms. The molecule has 1 aliphatic carbocycles. The van der Waals surface area contributed by atoms with Crippen molar-refractivity contribution in [1.29, 1.82) is 0 Å². The number of carbonyl (C=O) groups excluding carboxylic acids is 1. The molecule has 2 rings (SSSR count). The van der Waals surface area contributed by atoms with Crippen LogP contribution in [0.2, 0.25) is 0 Å². The fourth-order valence-corrected chi connectivity index (χ4v) is 2.76. The van der Waals surface area contributed by atoms with Crippen molar-refractivity contribution in [1.82, 2.24) is 5.32 Å². The highest BCUT2D eigenvalue weighted by Crippen LogP contribution is 2.18. The van der Waals surface area contributed by atoms with Gasteiger partial charge in [0.1, 0.15) is 6.04 Å². The average molecular weight is 261 g/mol. The molecule has 1 aromatic rings. The first kappa shape index (κ1) is 14.1. The molecule has 3 heteroatoms. The van der Waals surface area contributed by atoms with Crippen molar-refractivity contribution in [2.75, 3.05) is 7.11 Å². The van der Waals surface area contributed by atoms with Crippen LogP contribution in [0.3, 0.4) is 0 Å². The Kier molecular flexibility index (Phi) is 5.40. The quantitative estimate of drug-likeness (QED) is 0.828. The number of ether oxygens (including phenoxy) is 1. The largest absolute Gasteiger partial charge is 0.468 e. The number of carbonyl (C=O) groups is 1. The van der Waals surface area contributed by atoms with Crippen LogP contribution in [0.15, 0.2) is 30.3 Å². The van der Waals surface area contributed by atoms with Crippen molar-refractivity contribution in [3.8, 4) is 0 Å². The third kappa shape index (κ3) is 4.35. The second-order valence-corrected chi connectivity index (χ2v) is 5.27. The predicted octanol–water partition coefficient (Wildman–Crippen LogP) is 2.69. The lowest BCUT2D eigenvalue weighted by Gasteiger charge is -2.27. The summed E-state index contributed by atoms with van der Waals surface area (Å²) >= 11 is 0. The van der Waals surface area contributed by atoms with Crippen LogP contribution in [0, 0.1) is 0 Å². The van der Waals surface area contributed by atoms with Crippen LogP contribution in [0.4, 0.5) is 0 Å². The molecule has 1 saturated carbocycles. The first-order valence-corrected chi connectivity index (χ1v) is 7.17. The summed E-state index contributed by atoms with van der Waals surface area (Å²) in [5, 5.41) is 3.48. The second kappa shape index (κ2) is 7.29. The van der Waals surface area contributed by atoms with Gasteiger partial charge in [-0.3, -0.25) is 4.79 Å². The van der Waals surface area contributed by atoms with E-state index in [9.17, 15) is 4.79 Å². The first-order chi connectivity index (χ1) is 9.29. The van der Waals surface area contributed by atoms with Crippen LogP contribution in [-0.4, -0.2) is 25.2 Å². The summed E-state index contributed by atoms with van der Waals surface area (Å²) in [6, 6.07) is 10.3. The number of benzene rings is 1. The zero-order chi connectivity index (χ0) is 13.5. The van der Waals surface area contributed by atoms with Gasteiger partial charge >= 0.3 is 5.97 Å². The average Bonchev–Trinajstić information content (AvgIpc) is 2.48. The Bertz CT molecular complexity index is 385. The molecule has 3 nitrogen and oxygen atoms in total. The first-order valence-electron chi connectivity index (χ1n) is 7.17. The lowest BCUT2D eigenvalue weighted by atomic mass is 9.94. The molecule has 0 unspecified atom stereocenters. The topological polar surface area (TPSA) is 38.3 Å². The van der Waals surface area contributed by atoms with Crippen LogP contribution < -0.4 is 5.32 Å². The number of nitrogens with one attached hydrogen (secondary N) is 1. The van der Waals surface area contributed by atoms with E-state index in [1.165, 1.54) is 44.8 Å². The van der Waals surface area contributed by atoms with Crippen molar-refractivity contribution in [3.05, 3.63) is 35.9 Å². The zero-order valence-electron chi connectivity index (χ0n) is 11.6. The minimum Gasteiger partial charge on any atom is -0.468 e. The summed E-state index contributed by atoms with van der Waals surface area (Å²) in [7, 11) is 1.46. The van der Waals surface area contributed by atoms with Crippen LogP contribution >= 0.6 is 0 Å². The lowest BCUT2D eigenvalue weighted by molar-refractivity contribution is -0.143. The van der Waals surface area contributed by atoms with E-state index in [2.05, 4.69) is 17.4 Å². The van der Waals surface area contributed by atoms with Crippen LogP contribution in [0.25, 0.3) is 0 Å². The van der Waals surface area contributed by atoms with E-state index in [-0.39, 0.29) is 12.0 Å². The van der Waals surface area contributed by atoms with Crippen molar-refractivity contribution in [3.63, 3.8) is 0 Å². The lowest BCUT2D eigenvalue weighted by Crippen LogP contribution is -2.46. The van der Waals surface area contributed by atoms with Crippen molar-refractivity contribution < 1.29 is 9.53 Å². The van der Waals surface area contributed by atoms with Crippen molar-refractivity contribution in [2.24, 2.45) is 0 Å². The van der Waals surface area contributed by atoms with Crippen LogP contribution in [0.1, 0.15) is 37.7 Å². The molecule has 1 fully saturated rings. The van der Waals surface area contributed by atoms with E-state index in [1.54, 1.807) is 0 Å². The van der Waals surface area contributed by atoms with Crippen molar-refractivity contribution in [2.45, 2.75) is 50.6 Å². The summed E-state index contributed by atoms with van der Waals surface area (Å²) in [5.41, 5.74) is 1.17. The molecule has 1 aliphatic rings. The van der Waals surface area contributed by atoms with Gasteiger partial charge in [-0.2, -0.15) is 0 Å². The maximum atomic E-state index is 11.9. The molecule has 0 saturated heterocycles. The third-order valence-corrected chi connectivity index (χ3v) is 3.81. The summed E-state index contributed by atoms with van der Waals surface area (Å²) < 4.78 is 4.92. The zero-order valence-corrected chi connectivity index (χ0v) is 11.6. The smallest absolute Gasteiger partial charge is 0.323 e. The molecule has 19 heavy (non-hydrogen) atoms. The molecule has 0 heterocycles. The van der Waals surface area contributed by atoms with E-state index >= 15 is 0 Å². The molecule has 1 N–H and O–H groups in total. The molecule has 1 aromatic carbocycles. The minimum absolute atomic E-state index is 0.158. The maximum absolute atomic E-state index is 11.9. The SMILES string of the molecule is COC(=O)[C@@H](Cc1ccccc1)NC1CCCCC1. The van der Waals surface area contributed by atoms with Gasteiger partial charge in [0, 0.05) is 6.04 Å². The van der Waals surface area contributed by atoms with Crippen LogP contribution in [0.5, 0.6) is 0 Å². The number of hydrogen-bond donors (Lipinski definition) is 1. The molecular formula is C16H23NO2. The van der Waals surface area contributed by atoms with E-state index in [4.69, 9.17) is 4.74 Å². The third-order valence-electron chi connectivity index (χ3n) is 3.81. The molecule has 0 amide bonds. The normalized spacial score (nSPS) is 17.9. The Morgan fingerprint density at radius 1 is 1.26 bits per heavy atom. The Hall–Kier alpha value is -1.35. The molecular weight excluding hydrogens is 238 g/mol. The molecule has 1 atom stereocenters. The summed E-state index contributed by atoms with van der Waals surface area (Å²) in [5.74, 6) is -0.158. The van der Waals surface area contributed by atoms with Gasteiger partial charge in [-0.1, -0.05) is 49.6 Å². The van der Waals surface area contributed by atoms with E-state index in [0.29, 0.717) is 12.5 Å². The van der Waals surface area contributed by atoms with Gasteiger partial charge in [0.25, 0.3) is 0 Å². The highest BCUT2D eigenvalue weighted by atomic mass is 16.5. The van der Waals surface area contributed by atoms with Crippen molar-refractivity contribution >= 4 is 5.97 Å². The molecule has 0 bridgehead atoms. The summed E-state index contributed by atoms with van der Waals surface area (Å²) in [4.78, 5) is 11.9. The van der Waals surface area contributed by atoms with E-state index < -0.39 is 0 Å². The highest BCUT2D eigenvalue weighted by Gasteiger charge is 2.24. The minimum atomic E-state index is -0.226. The van der Waals surface area contributed by atoms with Gasteiger partial charge < -0.3 is 10.1 Å². The number of rotatable bonds is 5. The van der Waals surface area contributed by atoms with Crippen LogP contribution in [-0.2, 0) is 16.0 Å². The molecule has 0 aliphatic heterocycles. The Labute approximate surface area is 115 Å². The van der Waals surface area contributed by atoms with E-state index in [0.717, 1.165) is 0 Å². The highest BCUT2D eigenvalue weighted by molar-refractivity contribution is 5.76. The van der Waals surface area contributed by atoms with Gasteiger partial charge in [-0.05, 0) is 24.8 Å². The van der Waals surface area contributed by atoms with Gasteiger partial charge in [-0.15, -0.1) is 0 Å². The Morgan fingerprint density at radius 2 is 1.95 bits per heavy atom. The number of methoxy groups -OCH3 is 1. The second-order valence-electron chi connectivity index (χ2n) is 5.27. The number of hydrogen-bond acceptors (Lipinski definition) is 3. The molecule has 104 valence electrons. The molecule has 0 aromatic heterocycles.